The van der Waals surface area contributed by atoms with Crippen LogP contribution >= 0.6 is 23.2 Å². The van der Waals surface area contributed by atoms with E-state index in [9.17, 15) is 18.0 Å². The molecule has 0 amide bonds. The van der Waals surface area contributed by atoms with E-state index in [1.54, 1.807) is 18.2 Å². The van der Waals surface area contributed by atoms with Gasteiger partial charge in [0.15, 0.2) is 0 Å². The second-order valence-corrected chi connectivity index (χ2v) is 7.89. The van der Waals surface area contributed by atoms with E-state index >= 15 is 0 Å². The van der Waals surface area contributed by atoms with Gasteiger partial charge in [0.25, 0.3) is 5.56 Å². The van der Waals surface area contributed by atoms with Crippen molar-refractivity contribution in [3.05, 3.63) is 85.2 Å². The lowest BCUT2D eigenvalue weighted by molar-refractivity contribution is -0.137. The fraction of sp³-hybridized carbons (Fsp3) is 0.238. The third kappa shape index (κ3) is 4.24. The van der Waals surface area contributed by atoms with E-state index in [1.807, 2.05) is 0 Å². The topological polar surface area (TPSA) is 49.0 Å². The van der Waals surface area contributed by atoms with Crippen molar-refractivity contribution in [3.63, 3.8) is 0 Å². The van der Waals surface area contributed by atoms with E-state index in [0.29, 0.717) is 52.9 Å². The average Bonchev–Trinajstić information content (AvgIpc) is 2.70. The molecule has 2 aromatic carbocycles. The number of hydrogen-bond acceptors (Lipinski definition) is 3. The fourth-order valence-corrected chi connectivity index (χ4v) is 3.99. The second kappa shape index (κ2) is 8.06. The molecule has 0 fully saturated rings. The maximum atomic E-state index is 12.8. The van der Waals surface area contributed by atoms with E-state index in [1.165, 1.54) is 12.1 Å². The number of nitrogens with one attached hydrogen (secondary N) is 1. The van der Waals surface area contributed by atoms with Crippen LogP contribution in [0.3, 0.4) is 0 Å². The summed E-state index contributed by atoms with van der Waals surface area (Å²) in [5.41, 5.74) is 1.36. The lowest BCUT2D eigenvalue weighted by Crippen LogP contribution is -2.35. The molecule has 0 saturated heterocycles. The molecule has 1 aliphatic rings. The Labute approximate surface area is 180 Å². The van der Waals surface area contributed by atoms with Gasteiger partial charge in [-0.3, -0.25) is 9.69 Å². The first kappa shape index (κ1) is 20.9. The van der Waals surface area contributed by atoms with Crippen molar-refractivity contribution >= 4 is 23.2 Å². The molecule has 0 radical (unpaired) electrons. The maximum absolute atomic E-state index is 12.8. The Kier molecular flexibility index (Phi) is 5.61. The van der Waals surface area contributed by atoms with Gasteiger partial charge in [0.1, 0.15) is 5.82 Å². The van der Waals surface area contributed by atoms with Crippen LogP contribution in [0.25, 0.3) is 11.4 Å². The smallest absolute Gasteiger partial charge is 0.306 e. The van der Waals surface area contributed by atoms with Gasteiger partial charge >= 0.3 is 6.18 Å². The molecule has 3 aromatic rings. The third-order valence-corrected chi connectivity index (χ3v) is 5.78. The van der Waals surface area contributed by atoms with Crippen LogP contribution in [0, 0.1) is 0 Å². The van der Waals surface area contributed by atoms with Crippen LogP contribution in [0.2, 0.25) is 10.0 Å². The van der Waals surface area contributed by atoms with Gasteiger partial charge in [-0.1, -0.05) is 41.4 Å². The van der Waals surface area contributed by atoms with Gasteiger partial charge in [-0.05, 0) is 24.3 Å². The summed E-state index contributed by atoms with van der Waals surface area (Å²) in [5, 5.41) is 1.14. The molecule has 0 spiro atoms. The molecule has 0 bridgehead atoms. The first-order valence-electron chi connectivity index (χ1n) is 9.17. The molecule has 156 valence electrons. The minimum Gasteiger partial charge on any atom is -0.306 e. The summed E-state index contributed by atoms with van der Waals surface area (Å²) in [4.78, 5) is 21.9. The Bertz CT molecular complexity index is 1120. The van der Waals surface area contributed by atoms with E-state index in [2.05, 4.69) is 14.9 Å². The summed E-state index contributed by atoms with van der Waals surface area (Å²) < 4.78 is 38.3. The molecule has 1 N–H and O–H groups in total. The first-order valence-corrected chi connectivity index (χ1v) is 9.93. The molecule has 30 heavy (non-hydrogen) atoms. The van der Waals surface area contributed by atoms with E-state index < -0.39 is 11.7 Å². The fourth-order valence-electron chi connectivity index (χ4n) is 3.48. The van der Waals surface area contributed by atoms with Crippen LogP contribution in [-0.2, 0) is 25.7 Å². The van der Waals surface area contributed by atoms with Gasteiger partial charge in [0, 0.05) is 47.2 Å². The number of rotatable bonds is 3. The Morgan fingerprint density at radius 2 is 1.73 bits per heavy atom. The summed E-state index contributed by atoms with van der Waals surface area (Å²) in [7, 11) is 0. The SMILES string of the molecule is O=c1[nH]c(-c2ccc(C(F)(F)F)cc2)nc2c1CN(Cc1c(Cl)cccc1Cl)CC2. The van der Waals surface area contributed by atoms with Crippen molar-refractivity contribution < 1.29 is 13.2 Å². The molecule has 1 aliphatic heterocycles. The number of alkyl halides is 3. The third-order valence-electron chi connectivity index (χ3n) is 5.08. The summed E-state index contributed by atoms with van der Waals surface area (Å²) in [5.74, 6) is 0.259. The monoisotopic (exact) mass is 453 g/mol. The van der Waals surface area contributed by atoms with Crippen LogP contribution in [0.1, 0.15) is 22.4 Å². The zero-order valence-electron chi connectivity index (χ0n) is 15.6. The number of benzene rings is 2. The minimum absolute atomic E-state index is 0.259. The van der Waals surface area contributed by atoms with Gasteiger partial charge in [-0.25, -0.2) is 4.98 Å². The average molecular weight is 454 g/mol. The Balaban J connectivity index is 1.58. The molecule has 0 unspecified atom stereocenters. The Morgan fingerprint density at radius 3 is 2.37 bits per heavy atom. The van der Waals surface area contributed by atoms with Crippen molar-refractivity contribution in [2.45, 2.75) is 25.7 Å². The van der Waals surface area contributed by atoms with Crippen LogP contribution in [0.15, 0.2) is 47.3 Å². The molecule has 0 saturated carbocycles. The second-order valence-electron chi connectivity index (χ2n) is 7.08. The van der Waals surface area contributed by atoms with Gasteiger partial charge in [0.05, 0.1) is 16.8 Å². The number of nitrogens with zero attached hydrogens (tertiary/aromatic N) is 2. The number of aromatic amines is 1. The van der Waals surface area contributed by atoms with Crippen molar-refractivity contribution in [2.24, 2.45) is 0 Å². The number of aromatic nitrogens is 2. The molecular formula is C21H16Cl2F3N3O. The maximum Gasteiger partial charge on any atom is 0.416 e. The van der Waals surface area contributed by atoms with Gasteiger partial charge in [0.2, 0.25) is 0 Å². The van der Waals surface area contributed by atoms with Crippen molar-refractivity contribution in [1.29, 1.82) is 0 Å². The summed E-state index contributed by atoms with van der Waals surface area (Å²) in [6.07, 6.45) is -3.88. The summed E-state index contributed by atoms with van der Waals surface area (Å²) in [6.45, 7) is 1.53. The Hall–Kier alpha value is -2.35. The molecule has 4 nitrogen and oxygen atoms in total. The molecule has 0 atom stereocenters. The lowest BCUT2D eigenvalue weighted by atomic mass is 10.0. The van der Waals surface area contributed by atoms with E-state index in [0.717, 1.165) is 17.7 Å². The zero-order chi connectivity index (χ0) is 21.5. The van der Waals surface area contributed by atoms with Crippen LogP contribution in [-0.4, -0.2) is 21.4 Å². The van der Waals surface area contributed by atoms with Crippen LogP contribution in [0.5, 0.6) is 0 Å². The van der Waals surface area contributed by atoms with Crippen LogP contribution < -0.4 is 5.56 Å². The number of hydrogen-bond donors (Lipinski definition) is 1. The molecule has 9 heteroatoms. The normalized spacial score (nSPS) is 14.6. The molecule has 1 aromatic heterocycles. The van der Waals surface area contributed by atoms with Crippen molar-refractivity contribution in [1.82, 2.24) is 14.9 Å². The minimum atomic E-state index is -4.41. The van der Waals surface area contributed by atoms with E-state index in [-0.39, 0.29) is 11.4 Å². The van der Waals surface area contributed by atoms with Gasteiger partial charge in [-0.15, -0.1) is 0 Å². The standard InChI is InChI=1S/C21H16Cl2F3N3O/c22-16-2-1-3-17(23)14(16)10-29-9-8-18-15(11-29)20(30)28-19(27-18)12-4-6-13(7-5-12)21(24,25)26/h1-7H,8-11H2,(H,27,28,30). The number of H-pyrrole nitrogens is 1. The summed E-state index contributed by atoms with van der Waals surface area (Å²) in [6, 6.07) is 9.88. The highest BCUT2D eigenvalue weighted by Gasteiger charge is 2.30. The van der Waals surface area contributed by atoms with Gasteiger partial charge < -0.3 is 4.98 Å². The molecule has 4 rings (SSSR count). The molecule has 2 heterocycles. The zero-order valence-corrected chi connectivity index (χ0v) is 17.1. The highest BCUT2D eigenvalue weighted by molar-refractivity contribution is 6.35. The highest BCUT2D eigenvalue weighted by Crippen LogP contribution is 2.31. The highest BCUT2D eigenvalue weighted by atomic mass is 35.5. The lowest BCUT2D eigenvalue weighted by Gasteiger charge is -2.28. The van der Waals surface area contributed by atoms with Gasteiger partial charge in [-0.2, -0.15) is 13.2 Å². The van der Waals surface area contributed by atoms with Crippen molar-refractivity contribution in [2.75, 3.05) is 6.54 Å². The quantitative estimate of drug-likeness (QED) is 0.583. The van der Waals surface area contributed by atoms with Crippen LogP contribution in [0.4, 0.5) is 13.2 Å². The predicted molar refractivity (Wildman–Crippen MR) is 110 cm³/mol. The van der Waals surface area contributed by atoms with Crippen molar-refractivity contribution in [3.8, 4) is 11.4 Å². The number of halogens is 5. The molecule has 0 aliphatic carbocycles. The molecular weight excluding hydrogens is 438 g/mol. The van der Waals surface area contributed by atoms with E-state index in [4.69, 9.17) is 23.2 Å². The Morgan fingerprint density at radius 1 is 1.07 bits per heavy atom. The first-order chi connectivity index (χ1) is 14.2. The predicted octanol–water partition coefficient (Wildman–Crippen LogP) is 5.32. The largest absolute Gasteiger partial charge is 0.416 e. The number of fused-ring (bicyclic) bond motifs is 1. The summed E-state index contributed by atoms with van der Waals surface area (Å²) >= 11 is 12.5.